The van der Waals surface area contributed by atoms with Gasteiger partial charge >= 0.3 is 0 Å². The number of benzene rings is 15. The van der Waals surface area contributed by atoms with Gasteiger partial charge in [-0.1, -0.05) is 279 Å². The molecule has 17 rings (SSSR count). The molecular weight excluding hydrogens is 985 g/mol. The molecule has 0 bridgehead atoms. The van der Waals surface area contributed by atoms with Gasteiger partial charge in [0, 0.05) is 0 Å². The summed E-state index contributed by atoms with van der Waals surface area (Å²) in [5, 5.41) is 10.1. The normalized spacial score (nSPS) is 11.9. The summed E-state index contributed by atoms with van der Waals surface area (Å²) < 4.78 is 0. The second-order valence-corrected chi connectivity index (χ2v) is 22.1. The monoisotopic (exact) mass is 1030 g/mol. The van der Waals surface area contributed by atoms with Crippen LogP contribution in [-0.4, -0.2) is 0 Å². The number of hydrogen-bond donors (Lipinski definition) is 0. The zero-order chi connectivity index (χ0) is 53.8. The molecule has 0 amide bonds. The minimum absolute atomic E-state index is 1.18. The lowest BCUT2D eigenvalue weighted by atomic mass is 9.74. The van der Waals surface area contributed by atoms with Crippen molar-refractivity contribution in [1.82, 2.24) is 0 Å². The Bertz CT molecular complexity index is 4790. The van der Waals surface area contributed by atoms with E-state index in [1.807, 2.05) is 0 Å². The lowest BCUT2D eigenvalue weighted by molar-refractivity contribution is 1.57. The highest BCUT2D eigenvalue weighted by atomic mass is 14.4. The van der Waals surface area contributed by atoms with Crippen molar-refractivity contribution in [3.8, 4) is 134 Å². The number of fused-ring (bicyclic) bond motifs is 9. The van der Waals surface area contributed by atoms with Gasteiger partial charge in [-0.2, -0.15) is 0 Å². The van der Waals surface area contributed by atoms with Crippen LogP contribution in [0.2, 0.25) is 0 Å². The average molecular weight is 1040 g/mol. The standard InChI is InChI=1S/C82H50/c1-5-23-51(24-6-1)55-33-21-35-59(47-55)73-79-69-45-43-67-71-49-57-31-13-14-32-58(57)50-72(71)68-44-46-70(78(69)75(67)68)80(79)74(60-36-22-34-56(48-60)52-25-7-2-8-26-52)82-77(64-40-18-16-38-62(64)54-29-11-4-12-30-54)66-42-20-19-41-65(66)76(81(73)82)63-39-17-15-37-61(63)53-27-9-3-10-28-53/h1-50H. The Balaban J connectivity index is 1.14. The topological polar surface area (TPSA) is 0 Å². The van der Waals surface area contributed by atoms with Crippen LogP contribution < -0.4 is 0 Å². The van der Waals surface area contributed by atoms with Crippen LogP contribution >= 0.6 is 0 Å². The Morgan fingerprint density at radius 3 is 0.878 bits per heavy atom. The van der Waals surface area contributed by atoms with Gasteiger partial charge in [-0.15, -0.1) is 0 Å². The van der Waals surface area contributed by atoms with Crippen molar-refractivity contribution in [1.29, 1.82) is 0 Å². The summed E-state index contributed by atoms with van der Waals surface area (Å²) in [5.41, 5.74) is 29.5. The first kappa shape index (κ1) is 46.3. The summed E-state index contributed by atoms with van der Waals surface area (Å²) >= 11 is 0. The Morgan fingerprint density at radius 2 is 0.451 bits per heavy atom. The molecule has 0 heteroatoms. The van der Waals surface area contributed by atoms with Gasteiger partial charge in [0.15, 0.2) is 0 Å². The maximum absolute atomic E-state index is 2.48. The lowest BCUT2D eigenvalue weighted by Gasteiger charge is -2.28. The third-order valence-corrected chi connectivity index (χ3v) is 17.7. The predicted molar refractivity (Wildman–Crippen MR) is 349 cm³/mol. The third-order valence-electron chi connectivity index (χ3n) is 17.7. The zero-order valence-corrected chi connectivity index (χ0v) is 44.9. The summed E-state index contributed by atoms with van der Waals surface area (Å²) in [4.78, 5) is 0. The molecule has 0 unspecified atom stereocenters. The van der Waals surface area contributed by atoms with E-state index in [9.17, 15) is 0 Å². The summed E-state index contributed by atoms with van der Waals surface area (Å²) in [6.07, 6.45) is 0. The van der Waals surface area contributed by atoms with Gasteiger partial charge in [0.25, 0.3) is 0 Å². The van der Waals surface area contributed by atoms with Gasteiger partial charge in [-0.3, -0.25) is 0 Å². The van der Waals surface area contributed by atoms with Crippen LogP contribution in [0.5, 0.6) is 0 Å². The maximum Gasteiger partial charge on any atom is -0.0000929 e. The highest BCUT2D eigenvalue weighted by molar-refractivity contribution is 6.38. The summed E-state index contributed by atoms with van der Waals surface area (Å²) in [7, 11) is 0. The molecule has 0 fully saturated rings. The van der Waals surface area contributed by atoms with E-state index < -0.39 is 0 Å². The molecule has 15 aromatic carbocycles. The van der Waals surface area contributed by atoms with Crippen LogP contribution in [0.1, 0.15) is 0 Å². The van der Waals surface area contributed by atoms with E-state index in [-0.39, 0.29) is 0 Å². The highest BCUT2D eigenvalue weighted by Crippen LogP contribution is 2.65. The molecule has 0 aromatic heterocycles. The summed E-state index contributed by atoms with van der Waals surface area (Å²) in [6, 6.07) is 114. The van der Waals surface area contributed by atoms with E-state index >= 15 is 0 Å². The van der Waals surface area contributed by atoms with Crippen LogP contribution in [0.3, 0.4) is 0 Å². The van der Waals surface area contributed by atoms with Gasteiger partial charge in [0.2, 0.25) is 0 Å². The molecule has 0 saturated carbocycles. The first-order chi connectivity index (χ1) is 40.7. The molecule has 0 N–H and O–H groups in total. The predicted octanol–water partition coefficient (Wildman–Crippen LogP) is 22.9. The molecule has 0 saturated heterocycles. The van der Waals surface area contributed by atoms with Crippen LogP contribution in [0.25, 0.3) is 177 Å². The first-order valence-electron chi connectivity index (χ1n) is 28.6. The van der Waals surface area contributed by atoms with Crippen molar-refractivity contribution in [3.05, 3.63) is 303 Å². The minimum atomic E-state index is 1.18. The third kappa shape index (κ3) is 6.98. The molecule has 15 aromatic rings. The van der Waals surface area contributed by atoms with Crippen molar-refractivity contribution >= 4 is 43.1 Å². The van der Waals surface area contributed by atoms with Crippen LogP contribution in [0.15, 0.2) is 303 Å². The molecule has 0 heterocycles. The summed E-state index contributed by atoms with van der Waals surface area (Å²) in [5.74, 6) is 0. The Hall–Kier alpha value is -10.7. The van der Waals surface area contributed by atoms with Crippen molar-refractivity contribution in [2.75, 3.05) is 0 Å². The fourth-order valence-corrected chi connectivity index (χ4v) is 14.3. The van der Waals surface area contributed by atoms with Crippen LogP contribution in [-0.2, 0) is 0 Å². The molecule has 0 aliphatic heterocycles. The fourth-order valence-electron chi connectivity index (χ4n) is 14.3. The lowest BCUT2D eigenvalue weighted by Crippen LogP contribution is -2.01. The Kier molecular flexibility index (Phi) is 10.4. The first-order valence-corrected chi connectivity index (χ1v) is 28.6. The van der Waals surface area contributed by atoms with Crippen LogP contribution in [0, 0.1) is 0 Å². The molecule has 82 heavy (non-hydrogen) atoms. The van der Waals surface area contributed by atoms with E-state index in [1.54, 1.807) is 0 Å². The maximum atomic E-state index is 2.48. The van der Waals surface area contributed by atoms with Gasteiger partial charge in [-0.05, 0) is 201 Å². The average Bonchev–Trinajstić information content (AvgIpc) is 1.59. The van der Waals surface area contributed by atoms with Gasteiger partial charge < -0.3 is 0 Å². The molecule has 0 nitrogen and oxygen atoms in total. The molecule has 0 radical (unpaired) electrons. The van der Waals surface area contributed by atoms with Crippen molar-refractivity contribution in [2.45, 2.75) is 0 Å². The fraction of sp³-hybridized carbons (Fsp3) is 0. The molecule has 0 spiro atoms. The highest BCUT2D eigenvalue weighted by Gasteiger charge is 2.37. The van der Waals surface area contributed by atoms with E-state index in [2.05, 4.69) is 303 Å². The molecule has 378 valence electrons. The molecular formula is C82H50. The molecule has 2 aliphatic carbocycles. The van der Waals surface area contributed by atoms with Crippen molar-refractivity contribution < 1.29 is 0 Å². The number of rotatable bonds is 8. The smallest absolute Gasteiger partial charge is 0.0000929 e. The summed E-state index contributed by atoms with van der Waals surface area (Å²) in [6.45, 7) is 0. The van der Waals surface area contributed by atoms with E-state index in [0.717, 1.165) is 0 Å². The van der Waals surface area contributed by atoms with Gasteiger partial charge in [-0.25, -0.2) is 0 Å². The molecule has 2 aliphatic rings. The van der Waals surface area contributed by atoms with E-state index in [1.165, 1.54) is 177 Å². The largest absolute Gasteiger partial charge is 0.0622 e. The SMILES string of the molecule is c1ccc(-c2cccc(-c3c4c(c(-c5cccc(-c6ccccc6)c5)c5c(-c6ccccc6-c6ccccc6)c6ccccc6c(-c6ccccc6-c6ccccc6)c35)-c3ccc5c6c(ccc-4c36)-c3cc4ccccc4cc3-5)c2)cc1. The second kappa shape index (κ2) is 18.5. The van der Waals surface area contributed by atoms with Gasteiger partial charge in [0.1, 0.15) is 0 Å². The van der Waals surface area contributed by atoms with Gasteiger partial charge in [0.05, 0.1) is 0 Å². The Labute approximate surface area is 477 Å². The van der Waals surface area contributed by atoms with E-state index in [4.69, 9.17) is 0 Å². The van der Waals surface area contributed by atoms with Crippen molar-refractivity contribution in [2.24, 2.45) is 0 Å². The Morgan fingerprint density at radius 1 is 0.134 bits per heavy atom. The number of hydrogen-bond acceptors (Lipinski definition) is 0. The van der Waals surface area contributed by atoms with Crippen molar-refractivity contribution in [3.63, 3.8) is 0 Å². The van der Waals surface area contributed by atoms with E-state index in [0.29, 0.717) is 0 Å². The molecule has 0 atom stereocenters. The zero-order valence-electron chi connectivity index (χ0n) is 44.9. The second-order valence-electron chi connectivity index (χ2n) is 22.1. The quantitative estimate of drug-likeness (QED) is 0.133. The minimum Gasteiger partial charge on any atom is -0.0622 e. The van der Waals surface area contributed by atoms with Crippen LogP contribution in [0.4, 0.5) is 0 Å².